The number of carbonyl (C=O) groups excluding carboxylic acids is 2. The average molecular weight is 488 g/mol. The van der Waals surface area contributed by atoms with Crippen LogP contribution in [0.3, 0.4) is 0 Å². The van der Waals surface area contributed by atoms with Crippen LogP contribution >= 0.6 is 0 Å². The van der Waals surface area contributed by atoms with Crippen molar-refractivity contribution in [3.8, 4) is 5.75 Å². The number of sulfonamides is 1. The second-order valence-electron chi connectivity index (χ2n) is 8.67. The van der Waals surface area contributed by atoms with Crippen LogP contribution in [0.5, 0.6) is 5.75 Å². The summed E-state index contributed by atoms with van der Waals surface area (Å²) in [5.74, 6) is -0.0441. The Kier molecular flexibility index (Phi) is 8.19. The molecule has 1 fully saturated rings. The molecular formula is C25H33N3O5S. The number of unbranched alkanes of at least 4 members (excludes halogenated alkanes) is 1. The average Bonchev–Trinajstić information content (AvgIpc) is 2.79. The molecule has 9 heteroatoms. The van der Waals surface area contributed by atoms with Crippen molar-refractivity contribution in [3.63, 3.8) is 0 Å². The predicted molar refractivity (Wildman–Crippen MR) is 133 cm³/mol. The fraction of sp³-hybridized carbons (Fsp3) is 0.440. The summed E-state index contributed by atoms with van der Waals surface area (Å²) in [6.07, 6.45) is 3.56. The van der Waals surface area contributed by atoms with Crippen molar-refractivity contribution >= 4 is 33.2 Å². The van der Waals surface area contributed by atoms with E-state index in [9.17, 15) is 18.0 Å². The van der Waals surface area contributed by atoms with Gasteiger partial charge in [-0.2, -0.15) is 0 Å². The lowest BCUT2D eigenvalue weighted by Gasteiger charge is -2.41. The lowest BCUT2D eigenvalue weighted by Crippen LogP contribution is -2.47. The molecule has 0 bridgehead atoms. The van der Waals surface area contributed by atoms with Crippen LogP contribution in [0.2, 0.25) is 0 Å². The fourth-order valence-electron chi connectivity index (χ4n) is 4.36. The molecule has 0 saturated carbocycles. The number of para-hydroxylation sites is 1. The number of hydrogen-bond acceptors (Lipinski definition) is 5. The van der Waals surface area contributed by atoms with Gasteiger partial charge in [0.15, 0.2) is 0 Å². The van der Waals surface area contributed by atoms with Crippen molar-refractivity contribution in [3.05, 3.63) is 53.6 Å². The Morgan fingerprint density at radius 3 is 2.62 bits per heavy atom. The van der Waals surface area contributed by atoms with Gasteiger partial charge in [-0.15, -0.1) is 0 Å². The van der Waals surface area contributed by atoms with E-state index in [2.05, 4.69) is 17.0 Å². The molecule has 1 saturated heterocycles. The summed E-state index contributed by atoms with van der Waals surface area (Å²) in [4.78, 5) is 28.2. The first kappa shape index (κ1) is 25.6. The summed E-state index contributed by atoms with van der Waals surface area (Å²) < 4.78 is 31.5. The van der Waals surface area contributed by atoms with Gasteiger partial charge in [0.1, 0.15) is 5.75 Å². The largest absolute Gasteiger partial charge is 0.496 e. The van der Waals surface area contributed by atoms with Crippen molar-refractivity contribution in [2.75, 3.05) is 29.9 Å². The van der Waals surface area contributed by atoms with E-state index in [-0.39, 0.29) is 11.8 Å². The van der Waals surface area contributed by atoms with Crippen LogP contribution in [0.4, 0.5) is 11.4 Å². The number of methoxy groups -OCH3 is 1. The van der Waals surface area contributed by atoms with Gasteiger partial charge in [-0.1, -0.05) is 37.6 Å². The molecule has 2 amide bonds. The highest BCUT2D eigenvalue weighted by atomic mass is 32.2. The maximum Gasteiger partial charge on any atom is 0.229 e. The zero-order chi connectivity index (χ0) is 24.9. The first-order valence-corrected chi connectivity index (χ1v) is 13.4. The van der Waals surface area contributed by atoms with Crippen LogP contribution in [-0.4, -0.2) is 45.0 Å². The van der Waals surface area contributed by atoms with Gasteiger partial charge in [0.25, 0.3) is 0 Å². The zero-order valence-electron chi connectivity index (χ0n) is 20.1. The molecule has 1 aliphatic rings. The van der Waals surface area contributed by atoms with Crippen LogP contribution < -0.4 is 14.8 Å². The summed E-state index contributed by atoms with van der Waals surface area (Å²) in [5.41, 5.74) is 2.43. The Morgan fingerprint density at radius 1 is 1.21 bits per heavy atom. The quantitative estimate of drug-likeness (QED) is 0.554. The highest BCUT2D eigenvalue weighted by Crippen LogP contribution is 2.41. The maximum absolute atomic E-state index is 13.5. The van der Waals surface area contributed by atoms with E-state index in [0.29, 0.717) is 36.5 Å². The SMILES string of the molecule is CCCCN1C(=O)CCC(C(=O)Nc2ccc(C)c(NS(C)(=O)=O)c2)C1c1ccccc1OC. The Morgan fingerprint density at radius 2 is 1.94 bits per heavy atom. The molecule has 2 atom stereocenters. The third-order valence-electron chi connectivity index (χ3n) is 6.05. The van der Waals surface area contributed by atoms with Gasteiger partial charge < -0.3 is 15.0 Å². The molecule has 1 heterocycles. The number of amides is 2. The molecule has 2 unspecified atom stereocenters. The summed E-state index contributed by atoms with van der Waals surface area (Å²) in [7, 11) is -1.88. The number of ether oxygens (including phenoxy) is 1. The number of nitrogens with one attached hydrogen (secondary N) is 2. The summed E-state index contributed by atoms with van der Waals surface area (Å²) in [6, 6.07) is 12.1. The molecule has 0 radical (unpaired) electrons. The maximum atomic E-state index is 13.5. The molecule has 1 aliphatic heterocycles. The van der Waals surface area contributed by atoms with Gasteiger partial charge in [-0.3, -0.25) is 14.3 Å². The molecular weight excluding hydrogens is 454 g/mol. The monoisotopic (exact) mass is 487 g/mol. The van der Waals surface area contributed by atoms with Crippen molar-refractivity contribution in [1.82, 2.24) is 4.90 Å². The number of hydrogen-bond donors (Lipinski definition) is 2. The minimum atomic E-state index is -3.46. The van der Waals surface area contributed by atoms with Crippen molar-refractivity contribution in [2.24, 2.45) is 5.92 Å². The molecule has 0 spiro atoms. The van der Waals surface area contributed by atoms with Crippen molar-refractivity contribution in [1.29, 1.82) is 0 Å². The Bertz CT molecular complexity index is 1150. The first-order chi connectivity index (χ1) is 16.1. The lowest BCUT2D eigenvalue weighted by molar-refractivity contribution is -0.142. The van der Waals surface area contributed by atoms with Crippen molar-refractivity contribution < 1.29 is 22.7 Å². The van der Waals surface area contributed by atoms with E-state index < -0.39 is 22.0 Å². The number of carbonyl (C=O) groups is 2. The van der Waals surface area contributed by atoms with Crippen LogP contribution in [0.1, 0.15) is 49.8 Å². The van der Waals surface area contributed by atoms with Gasteiger partial charge in [-0.25, -0.2) is 8.42 Å². The second kappa shape index (κ2) is 10.9. The van der Waals surface area contributed by atoms with Crippen LogP contribution in [0.15, 0.2) is 42.5 Å². The van der Waals surface area contributed by atoms with Gasteiger partial charge >= 0.3 is 0 Å². The molecule has 2 aromatic carbocycles. The molecule has 0 aromatic heterocycles. The number of anilines is 2. The van der Waals surface area contributed by atoms with E-state index >= 15 is 0 Å². The van der Waals surface area contributed by atoms with Crippen LogP contribution in [0, 0.1) is 12.8 Å². The number of aryl methyl sites for hydroxylation is 1. The Labute approximate surface area is 201 Å². The predicted octanol–water partition coefficient (Wildman–Crippen LogP) is 4.09. The molecule has 34 heavy (non-hydrogen) atoms. The zero-order valence-corrected chi connectivity index (χ0v) is 20.9. The summed E-state index contributed by atoms with van der Waals surface area (Å²) in [6.45, 7) is 4.42. The highest BCUT2D eigenvalue weighted by molar-refractivity contribution is 7.92. The summed E-state index contributed by atoms with van der Waals surface area (Å²) >= 11 is 0. The van der Waals surface area contributed by atoms with E-state index in [4.69, 9.17) is 4.74 Å². The normalized spacial score (nSPS) is 18.5. The van der Waals surface area contributed by atoms with Gasteiger partial charge in [0.05, 0.1) is 31.0 Å². The van der Waals surface area contributed by atoms with Gasteiger partial charge in [0.2, 0.25) is 21.8 Å². The third kappa shape index (κ3) is 6.08. The lowest BCUT2D eigenvalue weighted by atomic mass is 9.83. The molecule has 2 aromatic rings. The minimum absolute atomic E-state index is 0.0309. The van der Waals surface area contributed by atoms with Crippen LogP contribution in [-0.2, 0) is 19.6 Å². The summed E-state index contributed by atoms with van der Waals surface area (Å²) in [5, 5.41) is 2.94. The standard InChI is InChI=1S/C25H33N3O5S/c1-5-6-15-28-23(29)14-13-20(24(28)19-9-7-8-10-22(19)33-3)25(30)26-18-12-11-17(2)21(16-18)27-34(4,31)32/h7-12,16,20,24,27H,5-6,13-15H2,1-4H3,(H,26,30). The Hall–Kier alpha value is -3.07. The van der Waals surface area contributed by atoms with E-state index in [1.165, 1.54) is 0 Å². The molecule has 184 valence electrons. The second-order valence-corrected chi connectivity index (χ2v) is 10.4. The number of nitrogens with zero attached hydrogens (tertiary/aromatic N) is 1. The van der Waals surface area contributed by atoms with E-state index in [1.807, 2.05) is 24.3 Å². The van der Waals surface area contributed by atoms with E-state index in [0.717, 1.165) is 30.2 Å². The fourth-order valence-corrected chi connectivity index (χ4v) is 4.98. The number of benzene rings is 2. The Balaban J connectivity index is 1.95. The number of likely N-dealkylation sites (tertiary alicyclic amines) is 1. The van der Waals surface area contributed by atoms with Gasteiger partial charge in [-0.05, 0) is 43.5 Å². The highest BCUT2D eigenvalue weighted by Gasteiger charge is 2.41. The molecule has 8 nitrogen and oxygen atoms in total. The van der Waals surface area contributed by atoms with Gasteiger partial charge in [0, 0.05) is 24.2 Å². The van der Waals surface area contributed by atoms with Crippen LogP contribution in [0.25, 0.3) is 0 Å². The number of rotatable bonds is 9. The topological polar surface area (TPSA) is 105 Å². The third-order valence-corrected chi connectivity index (χ3v) is 6.64. The molecule has 2 N–H and O–H groups in total. The smallest absolute Gasteiger partial charge is 0.229 e. The minimum Gasteiger partial charge on any atom is -0.496 e. The number of piperidine rings is 1. The molecule has 3 rings (SSSR count). The van der Waals surface area contributed by atoms with E-state index in [1.54, 1.807) is 37.1 Å². The molecule has 0 aliphatic carbocycles. The van der Waals surface area contributed by atoms with Crippen molar-refractivity contribution in [2.45, 2.75) is 45.6 Å². The first-order valence-electron chi connectivity index (χ1n) is 11.5.